The van der Waals surface area contributed by atoms with Gasteiger partial charge in [0, 0.05) is 37.3 Å². The summed E-state index contributed by atoms with van der Waals surface area (Å²) in [5.74, 6) is 1.75. The molecule has 0 aliphatic carbocycles. The second kappa shape index (κ2) is 9.66. The predicted molar refractivity (Wildman–Crippen MR) is 130 cm³/mol. The zero-order valence-electron chi connectivity index (χ0n) is 20.2. The Bertz CT molecular complexity index is 944. The minimum absolute atomic E-state index is 0.201. The van der Waals surface area contributed by atoms with Crippen molar-refractivity contribution in [3.63, 3.8) is 0 Å². The van der Waals surface area contributed by atoms with Gasteiger partial charge in [0.2, 0.25) is 0 Å². The summed E-state index contributed by atoms with van der Waals surface area (Å²) in [6.07, 6.45) is 3.44. The maximum Gasteiger partial charge on any atom is 0.254 e. The zero-order chi connectivity index (χ0) is 22.7. The van der Waals surface area contributed by atoms with Crippen molar-refractivity contribution in [3.05, 3.63) is 64.7 Å². The van der Waals surface area contributed by atoms with Gasteiger partial charge in [0.25, 0.3) is 5.91 Å². The molecule has 32 heavy (non-hydrogen) atoms. The van der Waals surface area contributed by atoms with Gasteiger partial charge in [0.1, 0.15) is 5.75 Å². The Morgan fingerprint density at radius 2 is 1.72 bits per heavy atom. The normalized spacial score (nSPS) is 18.5. The van der Waals surface area contributed by atoms with E-state index in [2.05, 4.69) is 67.8 Å². The number of para-hydroxylation sites is 1. The second-order valence-electron chi connectivity index (χ2n) is 10.3. The maximum atomic E-state index is 13.1. The smallest absolute Gasteiger partial charge is 0.254 e. The predicted octanol–water partition coefficient (Wildman–Crippen LogP) is 5.47. The first-order valence-electron chi connectivity index (χ1n) is 12.2. The topological polar surface area (TPSA) is 32.8 Å². The van der Waals surface area contributed by atoms with Gasteiger partial charge >= 0.3 is 0 Å². The first-order chi connectivity index (χ1) is 15.4. The molecule has 2 aliphatic heterocycles. The van der Waals surface area contributed by atoms with E-state index in [0.717, 1.165) is 69.0 Å². The molecule has 2 heterocycles. The molecule has 0 N–H and O–H groups in total. The summed E-state index contributed by atoms with van der Waals surface area (Å²) in [5, 5.41) is 0. The number of rotatable bonds is 6. The van der Waals surface area contributed by atoms with Gasteiger partial charge in [-0.3, -0.25) is 9.69 Å². The molecule has 2 saturated heterocycles. The fraction of sp³-hybridized carbons (Fsp3) is 0.536. The lowest BCUT2D eigenvalue weighted by Crippen LogP contribution is -2.44. The molecule has 4 heteroatoms. The quantitative estimate of drug-likeness (QED) is 0.605. The van der Waals surface area contributed by atoms with Crippen LogP contribution >= 0.6 is 0 Å². The number of piperidine rings is 1. The summed E-state index contributed by atoms with van der Waals surface area (Å²) in [6, 6.07) is 14.5. The standard InChI is InChI=1S/C28H38N2O2/c1-21(2)19-32-26-11-6-5-9-24(26)18-29-15-12-28(20-29)13-16-30(17-14-28)27(31)25-10-7-8-22(3)23(25)4/h5-11,21H,12-20H2,1-4H3. The summed E-state index contributed by atoms with van der Waals surface area (Å²) in [5.41, 5.74) is 4.81. The van der Waals surface area contributed by atoms with Crippen LogP contribution in [0.4, 0.5) is 0 Å². The molecule has 0 bridgehead atoms. The largest absolute Gasteiger partial charge is 0.493 e. The second-order valence-corrected chi connectivity index (χ2v) is 10.3. The molecule has 2 aliphatic rings. The van der Waals surface area contributed by atoms with E-state index in [1.165, 1.54) is 17.5 Å². The van der Waals surface area contributed by atoms with Crippen molar-refractivity contribution in [2.24, 2.45) is 11.3 Å². The average Bonchev–Trinajstić information content (AvgIpc) is 3.17. The van der Waals surface area contributed by atoms with E-state index in [1.54, 1.807) is 0 Å². The summed E-state index contributed by atoms with van der Waals surface area (Å²) in [6.45, 7) is 14.2. The summed E-state index contributed by atoms with van der Waals surface area (Å²) in [4.78, 5) is 17.8. The van der Waals surface area contributed by atoms with Crippen molar-refractivity contribution in [2.45, 2.75) is 53.5 Å². The van der Waals surface area contributed by atoms with Gasteiger partial charge in [-0.1, -0.05) is 44.2 Å². The fourth-order valence-electron chi connectivity index (χ4n) is 5.18. The highest BCUT2D eigenvalue weighted by molar-refractivity contribution is 5.96. The van der Waals surface area contributed by atoms with Crippen LogP contribution in [0.25, 0.3) is 0 Å². The zero-order valence-corrected chi connectivity index (χ0v) is 20.2. The Labute approximate surface area is 193 Å². The third kappa shape index (κ3) is 5.01. The molecule has 1 amide bonds. The van der Waals surface area contributed by atoms with E-state index < -0.39 is 0 Å². The SMILES string of the molecule is Cc1cccc(C(=O)N2CCC3(CCN(Cc4ccccc4OCC(C)C)C3)CC2)c1C. The number of likely N-dealkylation sites (tertiary alicyclic amines) is 2. The lowest BCUT2D eigenvalue weighted by Gasteiger charge is -2.39. The van der Waals surface area contributed by atoms with E-state index in [-0.39, 0.29) is 5.91 Å². The Hall–Kier alpha value is -2.33. The molecular formula is C28H38N2O2. The van der Waals surface area contributed by atoms with Gasteiger partial charge in [-0.25, -0.2) is 0 Å². The number of ether oxygens (including phenoxy) is 1. The van der Waals surface area contributed by atoms with Crippen LogP contribution in [0.5, 0.6) is 5.75 Å². The molecule has 0 unspecified atom stereocenters. The van der Waals surface area contributed by atoms with Crippen molar-refractivity contribution >= 4 is 5.91 Å². The molecule has 4 rings (SSSR count). The molecule has 4 nitrogen and oxygen atoms in total. The van der Waals surface area contributed by atoms with Crippen LogP contribution in [0.1, 0.15) is 60.2 Å². The number of benzene rings is 2. The third-order valence-corrected chi connectivity index (χ3v) is 7.40. The van der Waals surface area contributed by atoms with Crippen molar-refractivity contribution in [1.82, 2.24) is 9.80 Å². The van der Waals surface area contributed by atoms with Gasteiger partial charge < -0.3 is 9.64 Å². The van der Waals surface area contributed by atoms with E-state index >= 15 is 0 Å². The van der Waals surface area contributed by atoms with Crippen LogP contribution in [0, 0.1) is 25.2 Å². The van der Waals surface area contributed by atoms with Gasteiger partial charge in [0.05, 0.1) is 6.61 Å². The highest BCUT2D eigenvalue weighted by Gasteiger charge is 2.41. The third-order valence-electron chi connectivity index (χ3n) is 7.40. The number of carbonyl (C=O) groups excluding carboxylic acids is 1. The molecule has 2 fully saturated rings. The number of nitrogens with zero attached hydrogens (tertiary/aromatic N) is 2. The van der Waals surface area contributed by atoms with Crippen molar-refractivity contribution < 1.29 is 9.53 Å². The Balaban J connectivity index is 1.35. The summed E-state index contributed by atoms with van der Waals surface area (Å²) >= 11 is 0. The van der Waals surface area contributed by atoms with Crippen LogP contribution in [0.2, 0.25) is 0 Å². The monoisotopic (exact) mass is 434 g/mol. The molecule has 0 saturated carbocycles. The number of carbonyl (C=O) groups is 1. The Kier molecular flexibility index (Phi) is 6.90. The summed E-state index contributed by atoms with van der Waals surface area (Å²) < 4.78 is 6.08. The van der Waals surface area contributed by atoms with E-state index in [0.29, 0.717) is 11.3 Å². The molecule has 0 atom stereocenters. The average molecular weight is 435 g/mol. The Morgan fingerprint density at radius 1 is 1.00 bits per heavy atom. The number of amides is 1. The van der Waals surface area contributed by atoms with Gasteiger partial charge in [-0.15, -0.1) is 0 Å². The number of hydrogen-bond donors (Lipinski definition) is 0. The molecule has 2 aromatic rings. The van der Waals surface area contributed by atoms with Crippen molar-refractivity contribution in [2.75, 3.05) is 32.8 Å². The minimum atomic E-state index is 0.201. The fourth-order valence-corrected chi connectivity index (χ4v) is 5.18. The molecule has 1 spiro atoms. The molecule has 172 valence electrons. The van der Waals surface area contributed by atoms with Crippen LogP contribution in [0.15, 0.2) is 42.5 Å². The van der Waals surface area contributed by atoms with Gasteiger partial charge in [-0.2, -0.15) is 0 Å². The highest BCUT2D eigenvalue weighted by Crippen LogP contribution is 2.41. The highest BCUT2D eigenvalue weighted by atomic mass is 16.5. The van der Waals surface area contributed by atoms with Crippen LogP contribution in [-0.4, -0.2) is 48.5 Å². The first-order valence-corrected chi connectivity index (χ1v) is 12.2. The van der Waals surface area contributed by atoms with Crippen LogP contribution in [-0.2, 0) is 6.54 Å². The van der Waals surface area contributed by atoms with Crippen LogP contribution < -0.4 is 4.74 Å². The van der Waals surface area contributed by atoms with Gasteiger partial charge in [-0.05, 0) is 74.2 Å². The number of aryl methyl sites for hydroxylation is 1. The molecular weight excluding hydrogens is 396 g/mol. The Morgan fingerprint density at radius 3 is 2.47 bits per heavy atom. The molecule has 2 aromatic carbocycles. The van der Waals surface area contributed by atoms with E-state index in [1.807, 2.05) is 12.1 Å². The molecule has 0 radical (unpaired) electrons. The maximum absolute atomic E-state index is 13.1. The minimum Gasteiger partial charge on any atom is -0.493 e. The lowest BCUT2D eigenvalue weighted by molar-refractivity contribution is 0.0587. The van der Waals surface area contributed by atoms with Crippen LogP contribution in [0.3, 0.4) is 0 Å². The van der Waals surface area contributed by atoms with E-state index in [4.69, 9.17) is 4.74 Å². The first kappa shape index (κ1) is 22.8. The lowest BCUT2D eigenvalue weighted by atomic mass is 9.77. The molecule has 0 aromatic heterocycles. The van der Waals surface area contributed by atoms with Crippen molar-refractivity contribution in [1.29, 1.82) is 0 Å². The number of hydrogen-bond acceptors (Lipinski definition) is 3. The summed E-state index contributed by atoms with van der Waals surface area (Å²) in [7, 11) is 0. The van der Waals surface area contributed by atoms with Gasteiger partial charge in [0.15, 0.2) is 0 Å². The van der Waals surface area contributed by atoms with E-state index in [9.17, 15) is 4.79 Å². The van der Waals surface area contributed by atoms with Crippen molar-refractivity contribution in [3.8, 4) is 5.75 Å².